The number of aryl methyl sites for hydroxylation is 1. The summed E-state index contributed by atoms with van der Waals surface area (Å²) in [6.45, 7) is 6.70. The maximum absolute atomic E-state index is 12.3. The van der Waals surface area contributed by atoms with Crippen LogP contribution in [0.5, 0.6) is 5.75 Å². The molecule has 0 spiro atoms. The fraction of sp³-hybridized carbons (Fsp3) is 0.500. The van der Waals surface area contributed by atoms with E-state index in [1.165, 1.54) is 10.8 Å². The van der Waals surface area contributed by atoms with Gasteiger partial charge < -0.3 is 24.7 Å². The standard InChI is InChI=1S/C20H25ClN4O6/c1-20(2,3)31-19(27)24-9-13-4-5-16(8-14(13)10-24)30-12-15(26)6-7-23-11-17(25(28)29)22-18(23)21/h4-5,8,11,15,26H,6-7,9-10,12H2,1-3H3. The molecule has 11 heteroatoms. The molecule has 2 aromatic rings. The number of aliphatic hydroxyl groups excluding tert-OH is 1. The first-order valence-corrected chi connectivity index (χ1v) is 10.2. The lowest BCUT2D eigenvalue weighted by atomic mass is 10.1. The molecular formula is C20H25ClN4O6. The first-order valence-electron chi connectivity index (χ1n) is 9.79. The topological polar surface area (TPSA) is 120 Å². The van der Waals surface area contributed by atoms with Gasteiger partial charge in [0.15, 0.2) is 0 Å². The second-order valence-electron chi connectivity index (χ2n) is 8.34. The van der Waals surface area contributed by atoms with Crippen LogP contribution >= 0.6 is 11.6 Å². The number of hydrogen-bond donors (Lipinski definition) is 1. The highest BCUT2D eigenvalue weighted by Gasteiger charge is 2.28. The fourth-order valence-electron chi connectivity index (χ4n) is 3.11. The van der Waals surface area contributed by atoms with E-state index in [4.69, 9.17) is 21.1 Å². The number of imidazole rings is 1. The van der Waals surface area contributed by atoms with Crippen molar-refractivity contribution in [1.82, 2.24) is 14.5 Å². The number of fused-ring (bicyclic) bond motifs is 1. The highest BCUT2D eigenvalue weighted by Crippen LogP contribution is 2.28. The molecule has 1 aliphatic heterocycles. The van der Waals surface area contributed by atoms with Crippen LogP contribution < -0.4 is 4.74 Å². The Morgan fingerprint density at radius 3 is 2.71 bits per heavy atom. The molecule has 1 unspecified atom stereocenters. The van der Waals surface area contributed by atoms with E-state index in [1.807, 2.05) is 32.9 Å². The van der Waals surface area contributed by atoms with Crippen molar-refractivity contribution in [2.45, 2.75) is 58.5 Å². The number of carbonyl (C=O) groups excluding carboxylic acids is 1. The van der Waals surface area contributed by atoms with Crippen molar-refractivity contribution in [2.24, 2.45) is 0 Å². The number of amides is 1. The van der Waals surface area contributed by atoms with Crippen LogP contribution in [-0.4, -0.2) is 48.9 Å². The van der Waals surface area contributed by atoms with Crippen molar-refractivity contribution >= 4 is 23.5 Å². The lowest BCUT2D eigenvalue weighted by molar-refractivity contribution is -0.389. The zero-order valence-electron chi connectivity index (χ0n) is 17.6. The van der Waals surface area contributed by atoms with Crippen molar-refractivity contribution in [3.63, 3.8) is 0 Å². The molecule has 3 rings (SSSR count). The minimum Gasteiger partial charge on any atom is -0.491 e. The maximum Gasteiger partial charge on any atom is 0.410 e. The fourth-order valence-corrected chi connectivity index (χ4v) is 3.33. The molecule has 0 radical (unpaired) electrons. The minimum atomic E-state index is -0.802. The molecular weight excluding hydrogens is 428 g/mol. The molecule has 2 heterocycles. The molecule has 168 valence electrons. The van der Waals surface area contributed by atoms with E-state index < -0.39 is 16.6 Å². The van der Waals surface area contributed by atoms with Crippen LogP contribution in [-0.2, 0) is 24.4 Å². The largest absolute Gasteiger partial charge is 0.491 e. The van der Waals surface area contributed by atoms with Crippen LogP contribution in [0.3, 0.4) is 0 Å². The van der Waals surface area contributed by atoms with Crippen LogP contribution in [0.4, 0.5) is 10.6 Å². The van der Waals surface area contributed by atoms with Gasteiger partial charge in [0.25, 0.3) is 0 Å². The quantitative estimate of drug-likeness (QED) is 0.504. The third-order valence-electron chi connectivity index (χ3n) is 4.60. The Morgan fingerprint density at radius 1 is 1.35 bits per heavy atom. The molecule has 1 N–H and O–H groups in total. The number of aliphatic hydroxyl groups is 1. The Bertz CT molecular complexity index is 971. The summed E-state index contributed by atoms with van der Waals surface area (Å²) in [6.07, 6.45) is 0.348. The van der Waals surface area contributed by atoms with E-state index in [9.17, 15) is 20.0 Å². The van der Waals surface area contributed by atoms with Crippen molar-refractivity contribution < 1.29 is 24.3 Å². The predicted molar refractivity (Wildman–Crippen MR) is 112 cm³/mol. The highest BCUT2D eigenvalue weighted by molar-refractivity contribution is 6.28. The zero-order chi connectivity index (χ0) is 22.8. The lowest BCUT2D eigenvalue weighted by Crippen LogP contribution is -2.33. The van der Waals surface area contributed by atoms with E-state index >= 15 is 0 Å². The van der Waals surface area contributed by atoms with Crippen LogP contribution in [0.1, 0.15) is 38.3 Å². The summed E-state index contributed by atoms with van der Waals surface area (Å²) in [5.74, 6) is 0.245. The first-order chi connectivity index (χ1) is 14.5. The molecule has 1 aromatic heterocycles. The van der Waals surface area contributed by atoms with Crippen molar-refractivity contribution in [1.29, 1.82) is 0 Å². The second-order valence-corrected chi connectivity index (χ2v) is 8.68. The lowest BCUT2D eigenvalue weighted by Gasteiger charge is -2.24. The molecule has 1 amide bonds. The monoisotopic (exact) mass is 452 g/mol. The molecule has 0 saturated carbocycles. The summed E-state index contributed by atoms with van der Waals surface area (Å²) < 4.78 is 12.5. The number of rotatable bonds is 7. The summed E-state index contributed by atoms with van der Waals surface area (Å²) in [6, 6.07) is 5.54. The van der Waals surface area contributed by atoms with Gasteiger partial charge in [-0.15, -0.1) is 0 Å². The van der Waals surface area contributed by atoms with Gasteiger partial charge in [0.1, 0.15) is 24.2 Å². The third kappa shape index (κ3) is 6.08. The van der Waals surface area contributed by atoms with Crippen molar-refractivity contribution in [2.75, 3.05) is 6.61 Å². The normalized spacial score (nSPS) is 14.3. The van der Waals surface area contributed by atoms with Gasteiger partial charge in [-0.25, -0.2) is 4.79 Å². The van der Waals surface area contributed by atoms with Gasteiger partial charge in [0.05, 0.1) is 6.10 Å². The Hall–Kier alpha value is -2.85. The smallest absolute Gasteiger partial charge is 0.410 e. The molecule has 31 heavy (non-hydrogen) atoms. The number of ether oxygens (including phenoxy) is 2. The maximum atomic E-state index is 12.3. The molecule has 0 bridgehead atoms. The average Bonchev–Trinajstić information content (AvgIpc) is 3.26. The van der Waals surface area contributed by atoms with Crippen molar-refractivity contribution in [3.8, 4) is 5.75 Å². The van der Waals surface area contributed by atoms with E-state index in [2.05, 4.69) is 4.98 Å². The van der Waals surface area contributed by atoms with Gasteiger partial charge >= 0.3 is 17.2 Å². The molecule has 0 fully saturated rings. The molecule has 0 saturated heterocycles. The number of halogens is 1. The summed E-state index contributed by atoms with van der Waals surface area (Å²) in [7, 11) is 0. The van der Waals surface area contributed by atoms with Crippen LogP contribution in [0, 0.1) is 10.1 Å². The molecule has 1 aromatic carbocycles. The molecule has 1 atom stereocenters. The van der Waals surface area contributed by atoms with Crippen LogP contribution in [0.2, 0.25) is 5.28 Å². The Morgan fingerprint density at radius 2 is 2.06 bits per heavy atom. The van der Waals surface area contributed by atoms with Gasteiger partial charge in [-0.05, 0) is 72.0 Å². The average molecular weight is 453 g/mol. The van der Waals surface area contributed by atoms with Crippen LogP contribution in [0.25, 0.3) is 0 Å². The number of carbonyl (C=O) groups is 1. The number of hydrogen-bond acceptors (Lipinski definition) is 7. The summed E-state index contributed by atoms with van der Waals surface area (Å²) in [5.41, 5.74) is 1.44. The Balaban J connectivity index is 1.49. The SMILES string of the molecule is CC(C)(C)OC(=O)N1Cc2ccc(OCC(O)CCn3cc([N+](=O)[O-])nc3Cl)cc2C1. The van der Waals surface area contributed by atoms with Gasteiger partial charge in [-0.3, -0.25) is 9.47 Å². The number of nitro groups is 1. The van der Waals surface area contributed by atoms with Gasteiger partial charge in [-0.2, -0.15) is 0 Å². The van der Waals surface area contributed by atoms with Crippen molar-refractivity contribution in [3.05, 3.63) is 50.9 Å². The van der Waals surface area contributed by atoms with Crippen LogP contribution in [0.15, 0.2) is 24.4 Å². The van der Waals surface area contributed by atoms with E-state index in [0.29, 0.717) is 18.8 Å². The number of nitrogens with zero attached hydrogens (tertiary/aromatic N) is 4. The minimum absolute atomic E-state index is 0.00650. The van der Waals surface area contributed by atoms with E-state index in [0.717, 1.165) is 11.1 Å². The third-order valence-corrected chi connectivity index (χ3v) is 4.90. The summed E-state index contributed by atoms with van der Waals surface area (Å²) >= 11 is 5.87. The van der Waals surface area contributed by atoms with Gasteiger partial charge in [0.2, 0.25) is 0 Å². The van der Waals surface area contributed by atoms with Gasteiger partial charge in [0, 0.05) is 19.6 Å². The van der Waals surface area contributed by atoms with Gasteiger partial charge in [-0.1, -0.05) is 6.07 Å². The van der Waals surface area contributed by atoms with E-state index in [1.54, 1.807) is 11.0 Å². The number of benzene rings is 1. The number of aromatic nitrogens is 2. The molecule has 10 nitrogen and oxygen atoms in total. The highest BCUT2D eigenvalue weighted by atomic mass is 35.5. The summed E-state index contributed by atoms with van der Waals surface area (Å²) in [4.78, 5) is 27.6. The first kappa shape index (κ1) is 22.8. The Labute approximate surface area is 184 Å². The van der Waals surface area contributed by atoms with E-state index in [-0.39, 0.29) is 36.8 Å². The predicted octanol–water partition coefficient (Wildman–Crippen LogP) is 3.53. The zero-order valence-corrected chi connectivity index (χ0v) is 18.3. The molecule has 0 aliphatic carbocycles. The Kier molecular flexibility index (Phi) is 6.71. The second kappa shape index (κ2) is 9.11. The summed E-state index contributed by atoms with van der Waals surface area (Å²) in [5, 5.41) is 20.9. The molecule has 1 aliphatic rings.